The lowest BCUT2D eigenvalue weighted by molar-refractivity contribution is -0.138. The fourth-order valence-electron chi connectivity index (χ4n) is 2.78. The summed E-state index contributed by atoms with van der Waals surface area (Å²) in [7, 11) is 0. The highest BCUT2D eigenvalue weighted by Gasteiger charge is 2.30. The number of carboxylic acids is 1. The minimum Gasteiger partial charge on any atom is -0.481 e. The van der Waals surface area contributed by atoms with E-state index in [1.54, 1.807) is 4.90 Å². The summed E-state index contributed by atoms with van der Waals surface area (Å²) in [5.41, 5.74) is 0. The second kappa shape index (κ2) is 6.23. The van der Waals surface area contributed by atoms with Gasteiger partial charge >= 0.3 is 12.0 Å². The quantitative estimate of drug-likeness (QED) is 0.796. The molecule has 0 aromatic rings. The number of hydrogen-bond donors (Lipinski definition) is 2. The smallest absolute Gasteiger partial charge is 0.317 e. The van der Waals surface area contributed by atoms with Crippen molar-refractivity contribution in [2.24, 2.45) is 11.8 Å². The number of nitrogens with zero attached hydrogens (tertiary/aromatic N) is 1. The van der Waals surface area contributed by atoms with E-state index >= 15 is 0 Å². The molecule has 0 bridgehead atoms. The fraction of sp³-hybridized carbons (Fsp3) is 0.846. The minimum absolute atomic E-state index is 0.0766. The van der Waals surface area contributed by atoms with Crippen LogP contribution < -0.4 is 5.32 Å². The number of carbonyl (C=O) groups excluding carboxylic acids is 1. The lowest BCUT2D eigenvalue weighted by Gasteiger charge is -2.24. The normalized spacial score (nSPS) is 28.4. The van der Waals surface area contributed by atoms with E-state index in [0.717, 1.165) is 19.4 Å². The second-order valence-corrected chi connectivity index (χ2v) is 5.56. The number of carbonyl (C=O) groups is 2. The van der Waals surface area contributed by atoms with Crippen molar-refractivity contribution in [1.29, 1.82) is 0 Å². The zero-order valence-electron chi connectivity index (χ0n) is 11.3. The maximum atomic E-state index is 12.1. The highest BCUT2D eigenvalue weighted by atomic mass is 16.5. The van der Waals surface area contributed by atoms with Crippen molar-refractivity contribution in [3.63, 3.8) is 0 Å². The summed E-state index contributed by atoms with van der Waals surface area (Å²) in [6, 6.07) is 0.0285. The monoisotopic (exact) mass is 270 g/mol. The third-order valence-electron chi connectivity index (χ3n) is 4.06. The molecule has 2 amide bonds. The zero-order valence-corrected chi connectivity index (χ0v) is 11.3. The van der Waals surface area contributed by atoms with Gasteiger partial charge in [0.25, 0.3) is 0 Å². The lowest BCUT2D eigenvalue weighted by atomic mass is 10.0. The Morgan fingerprint density at radius 3 is 2.89 bits per heavy atom. The van der Waals surface area contributed by atoms with Gasteiger partial charge in [-0.05, 0) is 25.7 Å². The molecule has 0 spiro atoms. The average Bonchev–Trinajstić information content (AvgIpc) is 2.97. The van der Waals surface area contributed by atoms with Crippen LogP contribution in [0.4, 0.5) is 4.79 Å². The van der Waals surface area contributed by atoms with Crippen LogP contribution in [-0.2, 0) is 9.53 Å². The van der Waals surface area contributed by atoms with E-state index in [1.807, 2.05) is 6.92 Å². The number of rotatable bonds is 4. The van der Waals surface area contributed by atoms with E-state index in [-0.39, 0.29) is 24.4 Å². The largest absolute Gasteiger partial charge is 0.481 e. The van der Waals surface area contributed by atoms with Crippen LogP contribution in [0.3, 0.4) is 0 Å². The molecule has 19 heavy (non-hydrogen) atoms. The van der Waals surface area contributed by atoms with E-state index in [1.165, 1.54) is 0 Å². The summed E-state index contributed by atoms with van der Waals surface area (Å²) >= 11 is 0. The van der Waals surface area contributed by atoms with E-state index in [2.05, 4.69) is 5.32 Å². The lowest BCUT2D eigenvalue weighted by Crippen LogP contribution is -2.45. The van der Waals surface area contributed by atoms with Crippen LogP contribution in [0.5, 0.6) is 0 Å². The Kier molecular flexibility index (Phi) is 4.63. The number of likely N-dealkylation sites (tertiary alicyclic amines) is 1. The van der Waals surface area contributed by atoms with Gasteiger partial charge in [-0.25, -0.2) is 4.79 Å². The Balaban J connectivity index is 1.76. The van der Waals surface area contributed by atoms with Crippen molar-refractivity contribution in [2.75, 3.05) is 26.3 Å². The van der Waals surface area contributed by atoms with Crippen LogP contribution in [-0.4, -0.2) is 54.4 Å². The molecule has 2 saturated heterocycles. The average molecular weight is 270 g/mol. The molecular weight excluding hydrogens is 248 g/mol. The van der Waals surface area contributed by atoms with Gasteiger partial charge in [-0.15, -0.1) is 0 Å². The van der Waals surface area contributed by atoms with Gasteiger partial charge in [0.15, 0.2) is 0 Å². The van der Waals surface area contributed by atoms with E-state index < -0.39 is 5.97 Å². The molecule has 2 rings (SSSR count). The molecular formula is C13H22N2O4. The number of urea groups is 1. The molecule has 0 saturated carbocycles. The van der Waals surface area contributed by atoms with Crippen LogP contribution in [0.2, 0.25) is 0 Å². The second-order valence-electron chi connectivity index (χ2n) is 5.56. The van der Waals surface area contributed by atoms with Gasteiger partial charge in [0.05, 0.1) is 6.61 Å². The van der Waals surface area contributed by atoms with Crippen molar-refractivity contribution in [3.8, 4) is 0 Å². The predicted octanol–water partition coefficient (Wildman–Crippen LogP) is 0.918. The summed E-state index contributed by atoms with van der Waals surface area (Å²) < 4.78 is 5.32. The third kappa shape index (κ3) is 3.83. The number of hydrogen-bond acceptors (Lipinski definition) is 3. The molecule has 0 aliphatic carbocycles. The van der Waals surface area contributed by atoms with Crippen molar-refractivity contribution in [2.45, 2.75) is 32.2 Å². The maximum Gasteiger partial charge on any atom is 0.317 e. The van der Waals surface area contributed by atoms with Gasteiger partial charge in [-0.2, -0.15) is 0 Å². The summed E-state index contributed by atoms with van der Waals surface area (Å²) in [6.07, 6.45) is 1.92. The van der Waals surface area contributed by atoms with E-state index in [9.17, 15) is 9.59 Å². The highest BCUT2D eigenvalue weighted by molar-refractivity contribution is 5.75. The standard InChI is InChI=1S/C13H22N2O4/c1-9(11-3-5-19-8-11)14-13(18)15-4-2-10(7-15)6-12(16)17/h9-11H,2-8H2,1H3,(H,14,18)(H,16,17). The van der Waals surface area contributed by atoms with Crippen LogP contribution in [0.25, 0.3) is 0 Å². The topological polar surface area (TPSA) is 78.9 Å². The molecule has 2 aliphatic heterocycles. The Morgan fingerprint density at radius 1 is 1.47 bits per heavy atom. The van der Waals surface area contributed by atoms with Gasteiger partial charge in [-0.1, -0.05) is 0 Å². The molecule has 2 N–H and O–H groups in total. The number of carboxylic acid groups (broad SMARTS) is 1. The number of amides is 2. The van der Waals surface area contributed by atoms with Crippen LogP contribution in [0.1, 0.15) is 26.2 Å². The molecule has 6 nitrogen and oxygen atoms in total. The number of aliphatic carboxylic acids is 1. The summed E-state index contributed by atoms with van der Waals surface area (Å²) in [6.45, 7) is 4.68. The summed E-state index contributed by atoms with van der Waals surface area (Å²) in [5.74, 6) is -0.307. The first-order valence-electron chi connectivity index (χ1n) is 6.91. The molecule has 3 unspecified atom stereocenters. The van der Waals surface area contributed by atoms with Gasteiger partial charge in [0.2, 0.25) is 0 Å². The van der Waals surface area contributed by atoms with E-state index in [0.29, 0.717) is 25.6 Å². The molecule has 3 atom stereocenters. The predicted molar refractivity (Wildman–Crippen MR) is 68.9 cm³/mol. The number of ether oxygens (including phenoxy) is 1. The number of nitrogens with one attached hydrogen (secondary N) is 1. The maximum absolute atomic E-state index is 12.1. The molecule has 108 valence electrons. The first-order chi connectivity index (χ1) is 9.06. The molecule has 0 aromatic heterocycles. The molecule has 0 radical (unpaired) electrons. The first kappa shape index (κ1) is 14.1. The molecule has 0 aromatic carbocycles. The Labute approximate surface area is 113 Å². The van der Waals surface area contributed by atoms with Crippen molar-refractivity contribution < 1.29 is 19.4 Å². The van der Waals surface area contributed by atoms with Crippen LogP contribution in [0, 0.1) is 11.8 Å². The van der Waals surface area contributed by atoms with Gasteiger partial charge in [0.1, 0.15) is 0 Å². The molecule has 2 heterocycles. The van der Waals surface area contributed by atoms with Crippen LogP contribution in [0.15, 0.2) is 0 Å². The first-order valence-corrected chi connectivity index (χ1v) is 6.91. The van der Waals surface area contributed by atoms with Gasteiger partial charge in [0, 0.05) is 38.1 Å². The van der Waals surface area contributed by atoms with Gasteiger partial charge in [-0.3, -0.25) is 4.79 Å². The zero-order chi connectivity index (χ0) is 13.8. The van der Waals surface area contributed by atoms with Crippen LogP contribution >= 0.6 is 0 Å². The summed E-state index contributed by atoms with van der Waals surface area (Å²) in [5, 5.41) is 11.8. The van der Waals surface area contributed by atoms with Crippen molar-refractivity contribution in [3.05, 3.63) is 0 Å². The Hall–Kier alpha value is -1.30. The van der Waals surface area contributed by atoms with Crippen molar-refractivity contribution >= 4 is 12.0 Å². The Morgan fingerprint density at radius 2 is 2.26 bits per heavy atom. The third-order valence-corrected chi connectivity index (χ3v) is 4.06. The van der Waals surface area contributed by atoms with Crippen molar-refractivity contribution in [1.82, 2.24) is 10.2 Å². The highest BCUT2D eigenvalue weighted by Crippen LogP contribution is 2.21. The Bertz CT molecular complexity index is 342. The summed E-state index contributed by atoms with van der Waals surface area (Å²) in [4.78, 5) is 24.4. The molecule has 2 fully saturated rings. The minimum atomic E-state index is -0.788. The fourth-order valence-corrected chi connectivity index (χ4v) is 2.78. The SMILES string of the molecule is CC(NC(=O)N1CCC(CC(=O)O)C1)C1CCOC1. The molecule has 6 heteroatoms. The van der Waals surface area contributed by atoms with E-state index in [4.69, 9.17) is 9.84 Å². The molecule has 2 aliphatic rings. The van der Waals surface area contributed by atoms with Gasteiger partial charge < -0.3 is 20.1 Å².